The van der Waals surface area contributed by atoms with Gasteiger partial charge in [-0.25, -0.2) is 0 Å². The van der Waals surface area contributed by atoms with Crippen molar-refractivity contribution in [3.05, 3.63) is 48.8 Å². The van der Waals surface area contributed by atoms with Gasteiger partial charge in [0, 0.05) is 25.5 Å². The van der Waals surface area contributed by atoms with Gasteiger partial charge in [-0.3, -0.25) is 4.98 Å². The van der Waals surface area contributed by atoms with Crippen LogP contribution in [0.2, 0.25) is 0 Å². The quantitative estimate of drug-likeness (QED) is 0.757. The lowest BCUT2D eigenvalue weighted by Gasteiger charge is -2.14. The van der Waals surface area contributed by atoms with Gasteiger partial charge in [0.05, 0.1) is 0 Å². The van der Waals surface area contributed by atoms with Gasteiger partial charge in [0.25, 0.3) is 0 Å². The summed E-state index contributed by atoms with van der Waals surface area (Å²) < 4.78 is 0. The van der Waals surface area contributed by atoms with E-state index in [-0.39, 0.29) is 0 Å². The molecular formula is C19H31N3. The summed E-state index contributed by atoms with van der Waals surface area (Å²) >= 11 is 0. The van der Waals surface area contributed by atoms with Crippen LogP contribution in [0.25, 0.3) is 5.57 Å². The van der Waals surface area contributed by atoms with Crippen molar-refractivity contribution >= 4 is 5.57 Å². The smallest absolute Gasteiger partial charge is 0.0343 e. The molecule has 3 nitrogen and oxygen atoms in total. The fourth-order valence-electron chi connectivity index (χ4n) is 2.76. The molecule has 0 saturated heterocycles. The summed E-state index contributed by atoms with van der Waals surface area (Å²) in [4.78, 5) is 4.16. The van der Waals surface area contributed by atoms with E-state index in [1.54, 1.807) is 0 Å². The number of nitrogens with zero attached hydrogens (tertiary/aromatic N) is 1. The number of hydrogen-bond donors (Lipinski definition) is 2. The summed E-state index contributed by atoms with van der Waals surface area (Å²) in [6.07, 6.45) is 11.8. The van der Waals surface area contributed by atoms with Crippen LogP contribution in [-0.4, -0.2) is 32.2 Å². The molecule has 0 aliphatic heterocycles. The van der Waals surface area contributed by atoms with Gasteiger partial charge < -0.3 is 10.6 Å². The zero-order valence-corrected chi connectivity index (χ0v) is 14.3. The van der Waals surface area contributed by atoms with Crippen LogP contribution in [0.4, 0.5) is 0 Å². The largest absolute Gasteiger partial charge is 0.319 e. The highest BCUT2D eigenvalue weighted by molar-refractivity contribution is 5.68. The molecule has 2 atom stereocenters. The zero-order chi connectivity index (χ0) is 16.2. The third-order valence-corrected chi connectivity index (χ3v) is 4.09. The van der Waals surface area contributed by atoms with E-state index in [0.717, 1.165) is 13.1 Å². The van der Waals surface area contributed by atoms with Gasteiger partial charge in [0.2, 0.25) is 0 Å². The molecule has 2 rings (SSSR count). The Labute approximate surface area is 135 Å². The maximum Gasteiger partial charge on any atom is 0.0343 e. The van der Waals surface area contributed by atoms with Gasteiger partial charge in [-0.2, -0.15) is 0 Å². The third-order valence-electron chi connectivity index (χ3n) is 4.09. The lowest BCUT2D eigenvalue weighted by atomic mass is 9.96. The predicted molar refractivity (Wildman–Crippen MR) is 96.8 cm³/mol. The van der Waals surface area contributed by atoms with E-state index in [1.807, 2.05) is 38.6 Å². The SMILES string of the molecule is C=CC(CC)CNC.CNCC1CCC=C1c1cccnc1. The van der Waals surface area contributed by atoms with Gasteiger partial charge in [0.1, 0.15) is 0 Å². The standard InChI is InChI=1S/C12H16N2.C7H15N/c1-13-8-10-4-2-6-12(10)11-5-3-7-14-9-11;1-4-7(5-2)6-8-3/h3,5-7,9-10,13H,2,4,8H2,1H3;4,7-8H,1,5-6H2,2-3H3. The maximum atomic E-state index is 4.16. The Morgan fingerprint density at radius 1 is 1.41 bits per heavy atom. The first-order chi connectivity index (χ1) is 10.8. The summed E-state index contributed by atoms with van der Waals surface area (Å²) in [6.45, 7) is 8.01. The Kier molecular flexibility index (Phi) is 9.44. The summed E-state index contributed by atoms with van der Waals surface area (Å²) in [5.74, 6) is 1.32. The molecule has 1 aliphatic rings. The minimum atomic E-state index is 0.653. The number of pyridine rings is 1. The highest BCUT2D eigenvalue weighted by Crippen LogP contribution is 2.32. The predicted octanol–water partition coefficient (Wildman–Crippen LogP) is 3.51. The van der Waals surface area contributed by atoms with Crippen LogP contribution in [-0.2, 0) is 0 Å². The Balaban J connectivity index is 0.000000261. The van der Waals surface area contributed by atoms with Gasteiger partial charge in [0.15, 0.2) is 0 Å². The van der Waals surface area contributed by atoms with Crippen LogP contribution < -0.4 is 10.6 Å². The van der Waals surface area contributed by atoms with Crippen LogP contribution in [0.15, 0.2) is 43.3 Å². The van der Waals surface area contributed by atoms with Crippen molar-refractivity contribution in [2.45, 2.75) is 26.2 Å². The average Bonchev–Trinajstić information content (AvgIpc) is 3.03. The Morgan fingerprint density at radius 2 is 2.23 bits per heavy atom. The molecule has 1 aromatic heterocycles. The fourth-order valence-corrected chi connectivity index (χ4v) is 2.76. The number of rotatable bonds is 7. The van der Waals surface area contributed by atoms with E-state index in [0.29, 0.717) is 11.8 Å². The van der Waals surface area contributed by atoms with E-state index in [2.05, 4.69) is 41.3 Å². The first-order valence-corrected chi connectivity index (χ1v) is 8.28. The summed E-state index contributed by atoms with van der Waals surface area (Å²) in [6, 6.07) is 4.15. The number of allylic oxidation sites excluding steroid dienone is 1. The van der Waals surface area contributed by atoms with Crippen LogP contribution in [0, 0.1) is 11.8 Å². The second-order valence-corrected chi connectivity index (χ2v) is 5.69. The summed E-state index contributed by atoms with van der Waals surface area (Å²) in [7, 11) is 3.98. The Hall–Kier alpha value is -1.45. The summed E-state index contributed by atoms with van der Waals surface area (Å²) in [5, 5.41) is 6.35. The van der Waals surface area contributed by atoms with E-state index >= 15 is 0 Å². The molecule has 0 spiro atoms. The molecule has 122 valence electrons. The minimum absolute atomic E-state index is 0.653. The number of nitrogens with one attached hydrogen (secondary N) is 2. The molecule has 3 heteroatoms. The van der Waals surface area contributed by atoms with Gasteiger partial charge in [-0.1, -0.05) is 25.1 Å². The number of aromatic nitrogens is 1. The van der Waals surface area contributed by atoms with E-state index in [9.17, 15) is 0 Å². The first-order valence-electron chi connectivity index (χ1n) is 8.28. The average molecular weight is 301 g/mol. The van der Waals surface area contributed by atoms with Gasteiger partial charge >= 0.3 is 0 Å². The number of hydrogen-bond acceptors (Lipinski definition) is 3. The first kappa shape index (κ1) is 18.6. The lowest BCUT2D eigenvalue weighted by molar-refractivity contribution is 0.582. The molecule has 0 amide bonds. The van der Waals surface area contributed by atoms with Crippen molar-refractivity contribution in [2.24, 2.45) is 11.8 Å². The second kappa shape index (κ2) is 11.2. The van der Waals surface area contributed by atoms with Crippen molar-refractivity contribution in [3.63, 3.8) is 0 Å². The molecular weight excluding hydrogens is 270 g/mol. The molecule has 0 radical (unpaired) electrons. The Morgan fingerprint density at radius 3 is 2.73 bits per heavy atom. The van der Waals surface area contributed by atoms with Crippen molar-refractivity contribution in [1.29, 1.82) is 0 Å². The van der Waals surface area contributed by atoms with Crippen molar-refractivity contribution in [2.75, 3.05) is 27.2 Å². The van der Waals surface area contributed by atoms with Gasteiger partial charge in [-0.15, -0.1) is 6.58 Å². The molecule has 22 heavy (non-hydrogen) atoms. The molecule has 0 bridgehead atoms. The van der Waals surface area contributed by atoms with Crippen LogP contribution in [0.3, 0.4) is 0 Å². The highest BCUT2D eigenvalue weighted by atomic mass is 14.8. The minimum Gasteiger partial charge on any atom is -0.319 e. The van der Waals surface area contributed by atoms with E-state index in [4.69, 9.17) is 0 Å². The second-order valence-electron chi connectivity index (χ2n) is 5.69. The molecule has 0 saturated carbocycles. The topological polar surface area (TPSA) is 37.0 Å². The van der Waals surface area contributed by atoms with Crippen molar-refractivity contribution in [3.8, 4) is 0 Å². The lowest BCUT2D eigenvalue weighted by Crippen LogP contribution is -2.17. The molecule has 2 unspecified atom stereocenters. The van der Waals surface area contributed by atoms with Crippen molar-refractivity contribution in [1.82, 2.24) is 15.6 Å². The molecule has 1 heterocycles. The van der Waals surface area contributed by atoms with Crippen molar-refractivity contribution < 1.29 is 0 Å². The molecule has 0 aromatic carbocycles. The maximum absolute atomic E-state index is 4.16. The normalized spacial score (nSPS) is 18.1. The Bertz CT molecular complexity index is 439. The molecule has 1 aliphatic carbocycles. The van der Waals surface area contributed by atoms with Crippen LogP contribution >= 0.6 is 0 Å². The summed E-state index contributed by atoms with van der Waals surface area (Å²) in [5.41, 5.74) is 2.75. The molecule has 0 fully saturated rings. The fraction of sp³-hybridized carbons (Fsp3) is 0.526. The highest BCUT2D eigenvalue weighted by Gasteiger charge is 2.19. The zero-order valence-electron chi connectivity index (χ0n) is 14.3. The van der Waals surface area contributed by atoms with E-state index < -0.39 is 0 Å². The third kappa shape index (κ3) is 6.12. The van der Waals surface area contributed by atoms with E-state index in [1.165, 1.54) is 30.4 Å². The molecule has 2 N–H and O–H groups in total. The van der Waals surface area contributed by atoms with Crippen LogP contribution in [0.1, 0.15) is 31.7 Å². The van der Waals surface area contributed by atoms with Gasteiger partial charge in [-0.05, 0) is 62.4 Å². The monoisotopic (exact) mass is 301 g/mol. The van der Waals surface area contributed by atoms with Crippen LogP contribution in [0.5, 0.6) is 0 Å². The molecule has 1 aromatic rings.